The summed E-state index contributed by atoms with van der Waals surface area (Å²) in [5, 5.41) is 0. The molecular formula is C24H29N5O. The molecule has 1 unspecified atom stereocenters. The number of H-pyrrole nitrogens is 1. The van der Waals surface area contributed by atoms with Crippen molar-refractivity contribution in [3.63, 3.8) is 0 Å². The molecule has 0 saturated carbocycles. The number of hydrogen-bond acceptors (Lipinski definition) is 4. The second kappa shape index (κ2) is 8.11. The zero-order valence-electron chi connectivity index (χ0n) is 17.6. The second-order valence-electron chi connectivity index (χ2n) is 8.35. The molecule has 5 rings (SSSR count). The van der Waals surface area contributed by atoms with E-state index < -0.39 is 0 Å². The van der Waals surface area contributed by atoms with Crippen LogP contribution in [-0.2, 0) is 11.2 Å². The first-order valence-electron chi connectivity index (χ1n) is 11.0. The lowest BCUT2D eigenvalue weighted by molar-refractivity contribution is -0.123. The number of imidazole rings is 1. The van der Waals surface area contributed by atoms with Gasteiger partial charge in [0.15, 0.2) is 0 Å². The van der Waals surface area contributed by atoms with Gasteiger partial charge in [-0.1, -0.05) is 30.3 Å². The molecule has 1 N–H and O–H groups in total. The Hall–Kier alpha value is -2.86. The fourth-order valence-corrected chi connectivity index (χ4v) is 4.77. The number of rotatable bonds is 3. The van der Waals surface area contributed by atoms with Gasteiger partial charge >= 0.3 is 0 Å². The Morgan fingerprint density at radius 3 is 2.70 bits per heavy atom. The Balaban J connectivity index is 1.28. The van der Waals surface area contributed by atoms with Gasteiger partial charge in [0.1, 0.15) is 0 Å². The largest absolute Gasteiger partial charge is 0.341 e. The van der Waals surface area contributed by atoms with Gasteiger partial charge in [0.2, 0.25) is 11.9 Å². The number of fused-ring (bicyclic) bond motifs is 2. The Labute approximate surface area is 177 Å². The lowest BCUT2D eigenvalue weighted by Crippen LogP contribution is -2.49. The predicted octanol–water partition coefficient (Wildman–Crippen LogP) is 3.44. The van der Waals surface area contributed by atoms with Crippen LogP contribution in [0.25, 0.3) is 11.0 Å². The van der Waals surface area contributed by atoms with Gasteiger partial charge in [0.05, 0.1) is 17.1 Å². The molecule has 30 heavy (non-hydrogen) atoms. The highest BCUT2D eigenvalue weighted by molar-refractivity contribution is 5.98. The summed E-state index contributed by atoms with van der Waals surface area (Å²) in [6, 6.07) is 16.4. The van der Waals surface area contributed by atoms with E-state index in [0.717, 1.165) is 74.7 Å². The third-order valence-electron chi connectivity index (χ3n) is 6.49. The third-order valence-corrected chi connectivity index (χ3v) is 6.49. The number of para-hydroxylation sites is 3. The van der Waals surface area contributed by atoms with Crippen LogP contribution in [0.5, 0.6) is 0 Å². The quantitative estimate of drug-likeness (QED) is 0.728. The Bertz CT molecular complexity index is 1010. The average Bonchev–Trinajstić information content (AvgIpc) is 3.07. The van der Waals surface area contributed by atoms with Crippen molar-refractivity contribution < 1.29 is 4.79 Å². The van der Waals surface area contributed by atoms with Crippen LogP contribution in [0.1, 0.15) is 25.3 Å². The van der Waals surface area contributed by atoms with Crippen molar-refractivity contribution in [1.82, 2.24) is 14.9 Å². The highest BCUT2D eigenvalue weighted by Gasteiger charge is 2.30. The smallest absolute Gasteiger partial charge is 0.244 e. The summed E-state index contributed by atoms with van der Waals surface area (Å²) >= 11 is 0. The molecule has 2 aliphatic heterocycles. The lowest BCUT2D eigenvalue weighted by atomic mass is 10.0. The molecular weight excluding hydrogens is 374 g/mol. The third kappa shape index (κ3) is 3.56. The molecule has 0 aliphatic carbocycles. The van der Waals surface area contributed by atoms with Crippen LogP contribution >= 0.6 is 0 Å². The SMILES string of the molecule is CC(C(=O)N1CCCc2ccccc21)N1CCCN(c2nc3ccccc3[nH]2)CC1. The zero-order valence-corrected chi connectivity index (χ0v) is 17.6. The van der Waals surface area contributed by atoms with Crippen LogP contribution in [-0.4, -0.2) is 59.5 Å². The summed E-state index contributed by atoms with van der Waals surface area (Å²) in [6.45, 7) is 6.49. The maximum atomic E-state index is 13.4. The van der Waals surface area contributed by atoms with Gasteiger partial charge in [0, 0.05) is 38.4 Å². The van der Waals surface area contributed by atoms with Gasteiger partial charge in [-0.2, -0.15) is 0 Å². The van der Waals surface area contributed by atoms with Gasteiger partial charge in [-0.25, -0.2) is 4.98 Å². The number of carbonyl (C=O) groups is 1. The fraction of sp³-hybridized carbons (Fsp3) is 0.417. The van der Waals surface area contributed by atoms with E-state index in [1.54, 1.807) is 0 Å². The summed E-state index contributed by atoms with van der Waals surface area (Å²) in [5.41, 5.74) is 4.46. The van der Waals surface area contributed by atoms with Crippen molar-refractivity contribution >= 4 is 28.6 Å². The van der Waals surface area contributed by atoms with Crippen LogP contribution in [0, 0.1) is 0 Å². The van der Waals surface area contributed by atoms with Crippen molar-refractivity contribution in [1.29, 1.82) is 0 Å². The Morgan fingerprint density at radius 2 is 1.80 bits per heavy atom. The van der Waals surface area contributed by atoms with E-state index in [1.807, 2.05) is 29.2 Å². The van der Waals surface area contributed by atoms with E-state index >= 15 is 0 Å². The summed E-state index contributed by atoms with van der Waals surface area (Å²) in [4.78, 5) is 28.2. The highest BCUT2D eigenvalue weighted by atomic mass is 16.2. The second-order valence-corrected chi connectivity index (χ2v) is 8.35. The topological polar surface area (TPSA) is 55.5 Å². The molecule has 0 spiro atoms. The molecule has 3 aromatic rings. The molecule has 1 atom stereocenters. The maximum absolute atomic E-state index is 13.4. The van der Waals surface area contributed by atoms with Crippen LogP contribution in [0.15, 0.2) is 48.5 Å². The molecule has 6 heteroatoms. The minimum absolute atomic E-state index is 0.119. The molecule has 0 radical (unpaired) electrons. The van der Waals surface area contributed by atoms with E-state index in [1.165, 1.54) is 5.56 Å². The van der Waals surface area contributed by atoms with Crippen molar-refractivity contribution in [2.24, 2.45) is 0 Å². The zero-order chi connectivity index (χ0) is 20.5. The van der Waals surface area contributed by atoms with E-state index in [0.29, 0.717) is 0 Å². The average molecular weight is 404 g/mol. The van der Waals surface area contributed by atoms with Crippen molar-refractivity contribution in [3.05, 3.63) is 54.1 Å². The summed E-state index contributed by atoms with van der Waals surface area (Å²) in [6.07, 6.45) is 3.12. The molecule has 1 aromatic heterocycles. The first-order chi connectivity index (χ1) is 14.7. The number of aryl methyl sites for hydroxylation is 1. The normalized spacial score (nSPS) is 18.8. The molecule has 1 saturated heterocycles. The van der Waals surface area contributed by atoms with Crippen LogP contribution in [0.4, 0.5) is 11.6 Å². The Kier molecular flexibility index (Phi) is 5.17. The molecule has 6 nitrogen and oxygen atoms in total. The molecule has 1 fully saturated rings. The van der Waals surface area contributed by atoms with Gasteiger partial charge in [0.25, 0.3) is 0 Å². The fourth-order valence-electron chi connectivity index (χ4n) is 4.77. The molecule has 2 aliphatic rings. The number of aromatic nitrogens is 2. The minimum Gasteiger partial charge on any atom is -0.341 e. The van der Waals surface area contributed by atoms with Crippen LogP contribution in [0.3, 0.4) is 0 Å². The van der Waals surface area contributed by atoms with E-state index in [4.69, 9.17) is 4.98 Å². The maximum Gasteiger partial charge on any atom is 0.244 e. The van der Waals surface area contributed by atoms with Gasteiger partial charge in [-0.15, -0.1) is 0 Å². The number of nitrogens with one attached hydrogen (secondary N) is 1. The van der Waals surface area contributed by atoms with Crippen LogP contribution in [0.2, 0.25) is 0 Å². The number of hydrogen-bond donors (Lipinski definition) is 1. The summed E-state index contributed by atoms with van der Waals surface area (Å²) < 4.78 is 0. The summed E-state index contributed by atoms with van der Waals surface area (Å²) in [7, 11) is 0. The molecule has 2 aromatic carbocycles. The standard InChI is InChI=1S/C24H29N5O/c1-18(23(30)29-15-6-9-19-8-2-5-12-22(19)29)27-13-7-14-28(17-16-27)24-25-20-10-3-4-11-21(20)26-24/h2-5,8,10-12,18H,6-7,9,13-17H2,1H3,(H,25,26). The van der Waals surface area contributed by atoms with Gasteiger partial charge in [-0.05, 0) is 49.9 Å². The van der Waals surface area contributed by atoms with Crippen molar-refractivity contribution in [2.75, 3.05) is 42.5 Å². The van der Waals surface area contributed by atoms with E-state index in [9.17, 15) is 4.79 Å². The van der Waals surface area contributed by atoms with Crippen LogP contribution < -0.4 is 9.80 Å². The molecule has 0 bridgehead atoms. The lowest BCUT2D eigenvalue weighted by Gasteiger charge is -2.35. The van der Waals surface area contributed by atoms with Crippen molar-refractivity contribution in [3.8, 4) is 0 Å². The van der Waals surface area contributed by atoms with Gasteiger partial charge < -0.3 is 14.8 Å². The monoisotopic (exact) mass is 403 g/mol. The summed E-state index contributed by atoms with van der Waals surface area (Å²) in [5.74, 6) is 1.15. The Morgan fingerprint density at radius 1 is 0.967 bits per heavy atom. The molecule has 156 valence electrons. The minimum atomic E-state index is -0.119. The number of nitrogens with zero attached hydrogens (tertiary/aromatic N) is 4. The number of anilines is 2. The highest BCUT2D eigenvalue weighted by Crippen LogP contribution is 2.28. The number of amides is 1. The van der Waals surface area contributed by atoms with Gasteiger partial charge in [-0.3, -0.25) is 9.69 Å². The van der Waals surface area contributed by atoms with E-state index in [-0.39, 0.29) is 11.9 Å². The number of benzene rings is 2. The first-order valence-corrected chi connectivity index (χ1v) is 11.0. The van der Waals surface area contributed by atoms with Crippen molar-refractivity contribution in [2.45, 2.75) is 32.2 Å². The first kappa shape index (κ1) is 19.1. The molecule has 1 amide bonds. The van der Waals surface area contributed by atoms with E-state index in [2.05, 4.69) is 46.0 Å². The predicted molar refractivity (Wildman–Crippen MR) is 121 cm³/mol. The molecule has 3 heterocycles. The number of aromatic amines is 1. The number of carbonyl (C=O) groups excluding carboxylic acids is 1.